The average molecular weight is 373 g/mol. The minimum absolute atomic E-state index is 0.00533. The van der Waals surface area contributed by atoms with Gasteiger partial charge < -0.3 is 15.6 Å². The zero-order chi connectivity index (χ0) is 19.1. The van der Waals surface area contributed by atoms with Crippen LogP contribution in [-0.4, -0.2) is 50.3 Å². The van der Waals surface area contributed by atoms with E-state index in [-0.39, 0.29) is 5.91 Å². The fourth-order valence-corrected chi connectivity index (χ4v) is 3.75. The lowest BCUT2D eigenvalue weighted by Crippen LogP contribution is -2.30. The number of H-pyrrole nitrogens is 1. The van der Waals surface area contributed by atoms with Crippen LogP contribution in [0.5, 0.6) is 0 Å². The summed E-state index contributed by atoms with van der Waals surface area (Å²) in [5.41, 5.74) is 2.87. The molecule has 2 unspecified atom stereocenters. The minimum Gasteiger partial charge on any atom is -0.340 e. The standard InChI is InChI=1S/C20H19N7O/c21-7-13-5-14(20(28)27-9-15-6-16(15)10-27)8-22-18(13)25-17-3-1-12(2-4-17)19-23-11-24-26-19/h1-5,7-8,11,15-16,21H,6,9-10H2,(H,22,25)(H,23,24,26). The van der Waals surface area contributed by atoms with Crippen LogP contribution in [0.2, 0.25) is 0 Å². The van der Waals surface area contributed by atoms with Crippen molar-refractivity contribution in [1.82, 2.24) is 25.1 Å². The molecule has 5 rings (SSSR count). The molecule has 2 aromatic heterocycles. The summed E-state index contributed by atoms with van der Waals surface area (Å²) >= 11 is 0. The van der Waals surface area contributed by atoms with Crippen LogP contribution in [0.4, 0.5) is 11.5 Å². The third kappa shape index (κ3) is 3.02. The first-order valence-corrected chi connectivity index (χ1v) is 9.24. The number of anilines is 2. The first-order chi connectivity index (χ1) is 13.7. The number of pyridine rings is 1. The second-order valence-corrected chi connectivity index (χ2v) is 7.31. The number of hydrogen-bond donors (Lipinski definition) is 3. The molecule has 1 aromatic carbocycles. The molecule has 3 N–H and O–H groups in total. The van der Waals surface area contributed by atoms with E-state index in [0.29, 0.717) is 34.6 Å². The maximum absolute atomic E-state index is 12.7. The number of benzene rings is 1. The van der Waals surface area contributed by atoms with Crippen molar-refractivity contribution in [3.05, 3.63) is 54.0 Å². The number of fused-ring (bicyclic) bond motifs is 1. The summed E-state index contributed by atoms with van der Waals surface area (Å²) < 4.78 is 0. The lowest BCUT2D eigenvalue weighted by atomic mass is 10.1. The number of rotatable bonds is 5. The van der Waals surface area contributed by atoms with Crippen molar-refractivity contribution in [2.45, 2.75) is 6.42 Å². The molecule has 3 aromatic rings. The van der Waals surface area contributed by atoms with E-state index >= 15 is 0 Å². The molecule has 0 bridgehead atoms. The van der Waals surface area contributed by atoms with Crippen molar-refractivity contribution in [3.8, 4) is 11.4 Å². The van der Waals surface area contributed by atoms with Gasteiger partial charge in [-0.2, -0.15) is 5.10 Å². The number of hydrogen-bond acceptors (Lipinski definition) is 6. The monoisotopic (exact) mass is 373 g/mol. The van der Waals surface area contributed by atoms with Gasteiger partial charge in [0.05, 0.1) is 5.56 Å². The predicted molar refractivity (Wildman–Crippen MR) is 105 cm³/mol. The molecule has 0 spiro atoms. The second kappa shape index (κ2) is 6.56. The third-order valence-corrected chi connectivity index (χ3v) is 5.42. The number of aromatic amines is 1. The quantitative estimate of drug-likeness (QED) is 0.596. The van der Waals surface area contributed by atoms with Crippen LogP contribution in [0.15, 0.2) is 42.9 Å². The van der Waals surface area contributed by atoms with Crippen molar-refractivity contribution in [1.29, 1.82) is 5.41 Å². The smallest absolute Gasteiger partial charge is 0.255 e. The zero-order valence-electron chi connectivity index (χ0n) is 15.1. The van der Waals surface area contributed by atoms with Crippen LogP contribution in [-0.2, 0) is 0 Å². The maximum Gasteiger partial charge on any atom is 0.255 e. The number of aromatic nitrogens is 4. The summed E-state index contributed by atoms with van der Waals surface area (Å²) in [7, 11) is 0. The van der Waals surface area contributed by atoms with Crippen molar-refractivity contribution < 1.29 is 4.79 Å². The Hall–Kier alpha value is -3.55. The average Bonchev–Trinajstić information content (AvgIpc) is 3.13. The Balaban J connectivity index is 1.33. The van der Waals surface area contributed by atoms with E-state index in [4.69, 9.17) is 5.41 Å². The number of carbonyl (C=O) groups is 1. The summed E-state index contributed by atoms with van der Waals surface area (Å²) in [4.78, 5) is 23.1. The number of amides is 1. The van der Waals surface area contributed by atoms with Crippen molar-refractivity contribution in [2.24, 2.45) is 11.8 Å². The first-order valence-electron chi connectivity index (χ1n) is 9.24. The van der Waals surface area contributed by atoms with E-state index in [1.165, 1.54) is 19.0 Å². The number of carbonyl (C=O) groups excluding carboxylic acids is 1. The Morgan fingerprint density at radius 1 is 1.21 bits per heavy atom. The highest BCUT2D eigenvalue weighted by atomic mass is 16.2. The zero-order valence-corrected chi connectivity index (χ0v) is 15.1. The lowest BCUT2D eigenvalue weighted by molar-refractivity contribution is 0.0775. The van der Waals surface area contributed by atoms with Gasteiger partial charge in [0, 0.05) is 42.3 Å². The molecule has 1 saturated carbocycles. The highest BCUT2D eigenvalue weighted by Crippen LogP contribution is 2.45. The van der Waals surface area contributed by atoms with E-state index < -0.39 is 0 Å². The van der Waals surface area contributed by atoms with Crippen LogP contribution < -0.4 is 5.32 Å². The fourth-order valence-electron chi connectivity index (χ4n) is 3.75. The number of nitrogens with zero attached hydrogens (tertiary/aromatic N) is 4. The molecule has 1 aliphatic carbocycles. The highest BCUT2D eigenvalue weighted by molar-refractivity contribution is 5.97. The van der Waals surface area contributed by atoms with Gasteiger partial charge in [-0.1, -0.05) is 0 Å². The van der Waals surface area contributed by atoms with Gasteiger partial charge >= 0.3 is 0 Å². The molecular formula is C20H19N7O. The van der Waals surface area contributed by atoms with Gasteiger partial charge in [0.25, 0.3) is 5.91 Å². The van der Waals surface area contributed by atoms with Gasteiger partial charge in [-0.05, 0) is 48.6 Å². The van der Waals surface area contributed by atoms with Gasteiger partial charge in [0.15, 0.2) is 5.82 Å². The number of nitrogens with one attached hydrogen (secondary N) is 3. The first kappa shape index (κ1) is 16.6. The molecule has 0 radical (unpaired) electrons. The minimum atomic E-state index is 0.00533. The molecule has 2 atom stereocenters. The van der Waals surface area contributed by atoms with Gasteiger partial charge in [0.2, 0.25) is 0 Å². The van der Waals surface area contributed by atoms with Crippen LogP contribution in [0.25, 0.3) is 11.4 Å². The topological polar surface area (TPSA) is 111 Å². The van der Waals surface area contributed by atoms with Gasteiger partial charge in [-0.3, -0.25) is 9.89 Å². The van der Waals surface area contributed by atoms with Crippen molar-refractivity contribution in [3.63, 3.8) is 0 Å². The lowest BCUT2D eigenvalue weighted by Gasteiger charge is -2.18. The van der Waals surface area contributed by atoms with Crippen LogP contribution in [0.3, 0.4) is 0 Å². The molecule has 1 amide bonds. The molecular weight excluding hydrogens is 354 g/mol. The van der Waals surface area contributed by atoms with Crippen molar-refractivity contribution >= 4 is 23.6 Å². The largest absolute Gasteiger partial charge is 0.340 e. The Bertz CT molecular complexity index is 1020. The molecule has 140 valence electrons. The van der Waals surface area contributed by atoms with E-state index in [0.717, 1.165) is 24.3 Å². The van der Waals surface area contributed by atoms with Crippen LogP contribution in [0, 0.1) is 17.2 Å². The van der Waals surface area contributed by atoms with Crippen LogP contribution >= 0.6 is 0 Å². The van der Waals surface area contributed by atoms with E-state index in [1.807, 2.05) is 29.2 Å². The van der Waals surface area contributed by atoms with Gasteiger partial charge in [-0.25, -0.2) is 9.97 Å². The SMILES string of the molecule is N=Cc1cc(C(=O)N2CC3CC3C2)cnc1Nc1ccc(-c2ncn[nH]2)cc1. The van der Waals surface area contributed by atoms with E-state index in [9.17, 15) is 4.79 Å². The summed E-state index contributed by atoms with van der Waals surface area (Å²) in [6.45, 7) is 1.70. The van der Waals surface area contributed by atoms with E-state index in [2.05, 4.69) is 25.5 Å². The molecule has 2 aliphatic rings. The van der Waals surface area contributed by atoms with Crippen LogP contribution in [0.1, 0.15) is 22.3 Å². The summed E-state index contributed by atoms with van der Waals surface area (Å²) in [6, 6.07) is 9.39. The van der Waals surface area contributed by atoms with Gasteiger partial charge in [0.1, 0.15) is 12.1 Å². The number of piperidine rings is 1. The third-order valence-electron chi connectivity index (χ3n) is 5.42. The normalized spacial score (nSPS) is 19.9. The molecule has 1 aliphatic heterocycles. The molecule has 1 saturated heterocycles. The number of likely N-dealkylation sites (tertiary alicyclic amines) is 1. The molecule has 28 heavy (non-hydrogen) atoms. The predicted octanol–water partition coefficient (Wildman–Crippen LogP) is 2.70. The maximum atomic E-state index is 12.7. The Labute approximate surface area is 161 Å². The van der Waals surface area contributed by atoms with Crippen molar-refractivity contribution in [2.75, 3.05) is 18.4 Å². The summed E-state index contributed by atoms with van der Waals surface area (Å²) in [5.74, 6) is 2.64. The molecule has 3 heterocycles. The molecule has 8 heteroatoms. The summed E-state index contributed by atoms with van der Waals surface area (Å²) in [5, 5.41) is 17.6. The highest BCUT2D eigenvalue weighted by Gasteiger charge is 2.46. The summed E-state index contributed by atoms with van der Waals surface area (Å²) in [6.07, 6.45) is 5.53. The molecule has 2 fully saturated rings. The van der Waals surface area contributed by atoms with E-state index in [1.54, 1.807) is 12.3 Å². The Morgan fingerprint density at radius 3 is 2.68 bits per heavy atom. The second-order valence-electron chi connectivity index (χ2n) is 7.31. The Morgan fingerprint density at radius 2 is 2.00 bits per heavy atom. The fraction of sp³-hybridized carbons (Fsp3) is 0.250. The van der Waals surface area contributed by atoms with Gasteiger partial charge in [-0.15, -0.1) is 0 Å². The molecule has 8 nitrogen and oxygen atoms in total. The Kier molecular flexibility index (Phi) is 3.89.